The highest BCUT2D eigenvalue weighted by Gasteiger charge is 2.33. The molecule has 1 atom stereocenters. The first kappa shape index (κ1) is 20.3. The summed E-state index contributed by atoms with van der Waals surface area (Å²) in [5.41, 5.74) is -0.497. The summed E-state index contributed by atoms with van der Waals surface area (Å²) in [7, 11) is -3.79. The molecule has 0 saturated heterocycles. The van der Waals surface area contributed by atoms with Crippen molar-refractivity contribution in [2.45, 2.75) is 52.5 Å². The molecule has 0 aliphatic rings. The lowest BCUT2D eigenvalue weighted by Crippen LogP contribution is -2.48. The normalized spacial score (nSPS) is 13.1. The Bertz CT molecular complexity index is 799. The molecule has 1 N–H and O–H groups in total. The molecule has 2 rings (SSSR count). The number of fused-ring (bicyclic) bond motifs is 1. The highest BCUT2D eigenvalue weighted by atomic mass is 32.2. The van der Waals surface area contributed by atoms with Gasteiger partial charge in [0.05, 0.1) is 10.9 Å². The minimum absolute atomic E-state index is 0.195. The second-order valence-electron chi connectivity index (χ2n) is 6.51. The highest BCUT2D eigenvalue weighted by Crippen LogP contribution is 2.26. The first-order chi connectivity index (χ1) is 11.1. The predicted molar refractivity (Wildman–Crippen MR) is 99.5 cm³/mol. The third-order valence-corrected chi connectivity index (χ3v) is 5.07. The van der Waals surface area contributed by atoms with E-state index in [1.54, 1.807) is 24.3 Å². The van der Waals surface area contributed by atoms with Crippen molar-refractivity contribution in [3.05, 3.63) is 42.5 Å². The van der Waals surface area contributed by atoms with Crippen molar-refractivity contribution >= 4 is 26.6 Å². The summed E-state index contributed by atoms with van der Waals surface area (Å²) >= 11 is 0. The van der Waals surface area contributed by atoms with E-state index in [4.69, 9.17) is 0 Å². The molecule has 0 radical (unpaired) electrons. The third-order valence-electron chi connectivity index (χ3n) is 3.58. The molecule has 0 heterocycles. The molecule has 1 unspecified atom stereocenters. The van der Waals surface area contributed by atoms with Gasteiger partial charge >= 0.3 is 0 Å². The Morgan fingerprint density at radius 2 is 1.54 bits per heavy atom. The molecule has 0 fully saturated rings. The molecule has 0 aromatic heterocycles. The Labute approximate surface area is 145 Å². The van der Waals surface area contributed by atoms with E-state index in [2.05, 4.69) is 4.72 Å². The Hall–Kier alpha value is -1.72. The number of benzene rings is 2. The van der Waals surface area contributed by atoms with Crippen molar-refractivity contribution in [3.8, 4) is 0 Å². The fraction of sp³-hybridized carbons (Fsp3) is 0.421. The first-order valence-electron chi connectivity index (χ1n) is 8.13. The maximum atomic E-state index is 12.7. The van der Waals surface area contributed by atoms with Crippen LogP contribution < -0.4 is 4.72 Å². The van der Waals surface area contributed by atoms with Crippen molar-refractivity contribution in [3.63, 3.8) is 0 Å². The molecular weight excluding hydrogens is 322 g/mol. The standard InChI is InChI=1S/C17H21NO3S.C2H6/c1-12(19)16(17(2,3)4)18-22(20,21)15-11-7-9-13-8-5-6-10-14(13)15;1-2/h5-11,16,18H,1-4H3;1-2H3. The number of nitrogens with one attached hydrogen (secondary N) is 1. The highest BCUT2D eigenvalue weighted by molar-refractivity contribution is 7.89. The Morgan fingerprint density at radius 1 is 1.00 bits per heavy atom. The predicted octanol–water partition coefficient (Wildman–Crippen LogP) is 4.15. The SMILES string of the molecule is CC.CC(=O)C(NS(=O)(=O)c1cccc2ccccc12)C(C)(C)C. The second kappa shape index (κ2) is 7.90. The second-order valence-corrected chi connectivity index (χ2v) is 8.19. The van der Waals surface area contributed by atoms with Crippen LogP contribution in [-0.4, -0.2) is 20.2 Å². The fourth-order valence-electron chi connectivity index (χ4n) is 2.52. The fourth-order valence-corrected chi connectivity index (χ4v) is 4.21. The van der Waals surface area contributed by atoms with Gasteiger partial charge in [-0.2, -0.15) is 0 Å². The van der Waals surface area contributed by atoms with E-state index in [9.17, 15) is 13.2 Å². The molecule has 2 aromatic carbocycles. The first-order valence-corrected chi connectivity index (χ1v) is 9.62. The average molecular weight is 349 g/mol. The number of carbonyl (C=O) groups excluding carboxylic acids is 1. The minimum Gasteiger partial charge on any atom is -0.298 e. The van der Waals surface area contributed by atoms with E-state index in [1.807, 2.05) is 52.8 Å². The van der Waals surface area contributed by atoms with Gasteiger partial charge in [-0.15, -0.1) is 0 Å². The largest absolute Gasteiger partial charge is 0.298 e. The van der Waals surface area contributed by atoms with E-state index in [0.717, 1.165) is 5.39 Å². The topological polar surface area (TPSA) is 63.2 Å². The zero-order chi connectivity index (χ0) is 18.5. The summed E-state index contributed by atoms with van der Waals surface area (Å²) in [5.74, 6) is -0.198. The van der Waals surface area contributed by atoms with Crippen LogP contribution >= 0.6 is 0 Å². The summed E-state index contributed by atoms with van der Waals surface area (Å²) in [6.45, 7) is 10.9. The molecule has 0 bridgehead atoms. The number of Topliss-reactive ketones (excluding diaryl/α,β-unsaturated/α-hetero) is 1. The number of sulfonamides is 1. The van der Waals surface area contributed by atoms with Gasteiger partial charge in [0.2, 0.25) is 10.0 Å². The van der Waals surface area contributed by atoms with Crippen molar-refractivity contribution in [2.75, 3.05) is 0 Å². The molecule has 0 amide bonds. The lowest BCUT2D eigenvalue weighted by atomic mass is 9.85. The summed E-state index contributed by atoms with van der Waals surface area (Å²) in [6, 6.07) is 11.6. The Balaban J connectivity index is 0.00000139. The maximum Gasteiger partial charge on any atom is 0.241 e. The third kappa shape index (κ3) is 4.65. The van der Waals surface area contributed by atoms with Crippen LogP contribution in [0.2, 0.25) is 0 Å². The average Bonchev–Trinajstić information content (AvgIpc) is 2.53. The molecule has 24 heavy (non-hydrogen) atoms. The summed E-state index contributed by atoms with van der Waals surface area (Å²) < 4.78 is 28.1. The number of ketones is 1. The van der Waals surface area contributed by atoms with Gasteiger partial charge < -0.3 is 0 Å². The maximum absolute atomic E-state index is 12.7. The zero-order valence-electron chi connectivity index (χ0n) is 15.3. The number of rotatable bonds is 4. The molecule has 132 valence electrons. The van der Waals surface area contributed by atoms with Crippen LogP contribution in [0, 0.1) is 5.41 Å². The van der Waals surface area contributed by atoms with E-state index in [-0.39, 0.29) is 10.7 Å². The van der Waals surface area contributed by atoms with E-state index in [1.165, 1.54) is 6.92 Å². The van der Waals surface area contributed by atoms with Crippen molar-refractivity contribution in [1.29, 1.82) is 0 Å². The van der Waals surface area contributed by atoms with Gasteiger partial charge in [0.15, 0.2) is 0 Å². The van der Waals surface area contributed by atoms with Gasteiger partial charge in [0, 0.05) is 5.39 Å². The molecular formula is C19H27NO3S. The van der Waals surface area contributed by atoms with Crippen LogP contribution in [-0.2, 0) is 14.8 Å². The number of hydrogen-bond acceptors (Lipinski definition) is 3. The molecule has 0 aliphatic heterocycles. The van der Waals surface area contributed by atoms with E-state index >= 15 is 0 Å². The van der Waals surface area contributed by atoms with Gasteiger partial charge in [-0.05, 0) is 23.8 Å². The summed E-state index contributed by atoms with van der Waals surface area (Å²) in [4.78, 5) is 12.0. The van der Waals surface area contributed by atoms with Crippen LogP contribution in [0.5, 0.6) is 0 Å². The number of hydrogen-bond donors (Lipinski definition) is 1. The summed E-state index contributed by atoms with van der Waals surface area (Å²) in [6.07, 6.45) is 0. The quantitative estimate of drug-likeness (QED) is 0.902. The van der Waals surface area contributed by atoms with Gasteiger partial charge in [-0.1, -0.05) is 71.0 Å². The smallest absolute Gasteiger partial charge is 0.241 e. The van der Waals surface area contributed by atoms with Crippen LogP contribution in [0.15, 0.2) is 47.4 Å². The molecule has 0 spiro atoms. The molecule has 2 aromatic rings. The molecule has 4 nitrogen and oxygen atoms in total. The molecule has 5 heteroatoms. The monoisotopic (exact) mass is 349 g/mol. The molecule has 0 aliphatic carbocycles. The van der Waals surface area contributed by atoms with Crippen molar-refractivity contribution in [1.82, 2.24) is 4.72 Å². The Kier molecular flexibility index (Phi) is 6.69. The van der Waals surface area contributed by atoms with Crippen LogP contribution in [0.4, 0.5) is 0 Å². The minimum atomic E-state index is -3.79. The Morgan fingerprint density at radius 3 is 2.08 bits per heavy atom. The lowest BCUT2D eigenvalue weighted by molar-refractivity contribution is -0.120. The number of carbonyl (C=O) groups is 1. The van der Waals surface area contributed by atoms with Crippen LogP contribution in [0.1, 0.15) is 41.5 Å². The van der Waals surface area contributed by atoms with Gasteiger partial charge in [0.1, 0.15) is 5.78 Å². The van der Waals surface area contributed by atoms with Gasteiger partial charge in [-0.25, -0.2) is 13.1 Å². The molecule has 0 saturated carbocycles. The van der Waals surface area contributed by atoms with E-state index < -0.39 is 21.5 Å². The van der Waals surface area contributed by atoms with Crippen molar-refractivity contribution < 1.29 is 13.2 Å². The van der Waals surface area contributed by atoms with Gasteiger partial charge in [0.25, 0.3) is 0 Å². The van der Waals surface area contributed by atoms with E-state index in [0.29, 0.717) is 5.39 Å². The lowest BCUT2D eigenvalue weighted by Gasteiger charge is -2.29. The van der Waals surface area contributed by atoms with Gasteiger partial charge in [-0.3, -0.25) is 4.79 Å². The van der Waals surface area contributed by atoms with Crippen LogP contribution in [0.3, 0.4) is 0 Å². The zero-order valence-corrected chi connectivity index (χ0v) is 16.1. The van der Waals surface area contributed by atoms with Crippen molar-refractivity contribution in [2.24, 2.45) is 5.41 Å². The summed E-state index contributed by atoms with van der Waals surface area (Å²) in [5, 5.41) is 1.49. The van der Waals surface area contributed by atoms with Crippen LogP contribution in [0.25, 0.3) is 10.8 Å².